The Morgan fingerprint density at radius 2 is 1.92 bits per heavy atom. The minimum absolute atomic E-state index is 0.0384. The van der Waals surface area contributed by atoms with Crippen molar-refractivity contribution in [3.63, 3.8) is 0 Å². The predicted molar refractivity (Wildman–Crippen MR) is 92.8 cm³/mol. The maximum atomic E-state index is 12.8. The molecule has 0 radical (unpaired) electrons. The number of carboxylic acids is 1. The number of nitrogens with zero attached hydrogens (tertiary/aromatic N) is 2. The number of aryl methyl sites for hydroxylation is 2. The molecule has 2 saturated heterocycles. The Morgan fingerprint density at radius 3 is 2.44 bits per heavy atom. The second kappa shape index (κ2) is 6.29. The first-order chi connectivity index (χ1) is 11.7. The van der Waals surface area contributed by atoms with Gasteiger partial charge >= 0.3 is 5.97 Å². The summed E-state index contributed by atoms with van der Waals surface area (Å²) >= 11 is 0. The van der Waals surface area contributed by atoms with Gasteiger partial charge in [-0.15, -0.1) is 0 Å². The summed E-state index contributed by atoms with van der Waals surface area (Å²) in [5.41, 5.74) is 1.27. The molecule has 0 bridgehead atoms. The fourth-order valence-electron chi connectivity index (χ4n) is 4.36. The van der Waals surface area contributed by atoms with Crippen LogP contribution in [0.4, 0.5) is 0 Å². The molecule has 1 amide bonds. The molecule has 7 nitrogen and oxygen atoms in total. The highest BCUT2D eigenvalue weighted by molar-refractivity contribution is 5.95. The number of amides is 1. The van der Waals surface area contributed by atoms with E-state index < -0.39 is 12.0 Å². The molecule has 1 aromatic rings. The Morgan fingerprint density at radius 1 is 1.28 bits per heavy atom. The largest absolute Gasteiger partial charge is 0.480 e. The van der Waals surface area contributed by atoms with Crippen molar-refractivity contribution in [2.75, 3.05) is 26.7 Å². The molecule has 2 fully saturated rings. The van der Waals surface area contributed by atoms with Crippen molar-refractivity contribution in [3.8, 4) is 0 Å². The van der Waals surface area contributed by atoms with Crippen LogP contribution in [0.15, 0.2) is 10.9 Å². The van der Waals surface area contributed by atoms with E-state index in [9.17, 15) is 19.5 Å². The normalized spacial score (nSPS) is 23.2. The summed E-state index contributed by atoms with van der Waals surface area (Å²) in [5.74, 6) is -1.01. The van der Waals surface area contributed by atoms with Gasteiger partial charge in [0.1, 0.15) is 11.6 Å². The smallest absolute Gasteiger partial charge is 0.320 e. The molecule has 2 aliphatic heterocycles. The molecule has 0 aromatic carbocycles. The number of pyridine rings is 1. The van der Waals surface area contributed by atoms with E-state index >= 15 is 0 Å². The van der Waals surface area contributed by atoms with E-state index in [0.717, 1.165) is 25.1 Å². The maximum absolute atomic E-state index is 12.8. The number of aromatic amines is 1. The number of carbonyl (C=O) groups is 2. The molecule has 25 heavy (non-hydrogen) atoms. The van der Waals surface area contributed by atoms with Crippen LogP contribution in [0.25, 0.3) is 0 Å². The molecule has 2 N–H and O–H groups in total. The second-order valence-corrected chi connectivity index (χ2v) is 7.58. The van der Waals surface area contributed by atoms with Crippen molar-refractivity contribution in [1.82, 2.24) is 14.8 Å². The summed E-state index contributed by atoms with van der Waals surface area (Å²) in [4.78, 5) is 43.0. The number of aliphatic carboxylic acids is 1. The first-order valence-corrected chi connectivity index (χ1v) is 8.65. The molecule has 136 valence electrons. The molecule has 7 heteroatoms. The number of hydrogen-bond acceptors (Lipinski definition) is 4. The van der Waals surface area contributed by atoms with E-state index in [1.807, 2.05) is 11.9 Å². The lowest BCUT2D eigenvalue weighted by Gasteiger charge is -2.39. The summed E-state index contributed by atoms with van der Waals surface area (Å²) in [6.45, 7) is 5.41. The number of H-pyrrole nitrogens is 1. The lowest BCUT2D eigenvalue weighted by atomic mass is 9.76. The Kier molecular flexibility index (Phi) is 4.45. The van der Waals surface area contributed by atoms with Crippen molar-refractivity contribution in [3.05, 3.63) is 33.2 Å². The highest BCUT2D eigenvalue weighted by atomic mass is 16.4. The van der Waals surface area contributed by atoms with E-state index in [4.69, 9.17) is 0 Å². The SMILES string of the molecule is Cc1cc(=O)c(C(=O)N2CCC3(CC2)CC(C(=O)O)N(C)C3)c(C)[nH]1. The van der Waals surface area contributed by atoms with Gasteiger partial charge in [0.2, 0.25) is 0 Å². The number of nitrogens with one attached hydrogen (secondary N) is 1. The molecule has 0 aliphatic carbocycles. The van der Waals surface area contributed by atoms with Gasteiger partial charge in [0.25, 0.3) is 5.91 Å². The molecular weight excluding hydrogens is 322 g/mol. The number of aromatic nitrogens is 1. The van der Waals surface area contributed by atoms with Crippen molar-refractivity contribution in [2.45, 2.75) is 39.2 Å². The minimum atomic E-state index is -0.778. The minimum Gasteiger partial charge on any atom is -0.480 e. The number of carbonyl (C=O) groups excluding carboxylic acids is 1. The van der Waals surface area contributed by atoms with E-state index in [-0.39, 0.29) is 22.3 Å². The summed E-state index contributed by atoms with van der Waals surface area (Å²) in [6, 6.07) is 1.01. The first-order valence-electron chi connectivity index (χ1n) is 8.65. The lowest BCUT2D eigenvalue weighted by Crippen LogP contribution is -2.45. The summed E-state index contributed by atoms with van der Waals surface area (Å²) in [6.07, 6.45) is 2.18. The molecule has 1 atom stereocenters. The third-order valence-electron chi connectivity index (χ3n) is 5.71. The highest BCUT2D eigenvalue weighted by Gasteiger charge is 2.47. The summed E-state index contributed by atoms with van der Waals surface area (Å²) in [7, 11) is 1.85. The van der Waals surface area contributed by atoms with Crippen LogP contribution in [-0.2, 0) is 4.79 Å². The number of piperidine rings is 1. The molecule has 3 rings (SSSR count). The van der Waals surface area contributed by atoms with Crippen LogP contribution in [0.3, 0.4) is 0 Å². The average Bonchev–Trinajstić information content (AvgIpc) is 2.83. The third-order valence-corrected chi connectivity index (χ3v) is 5.71. The Bertz CT molecular complexity index is 762. The molecule has 2 aliphatic rings. The van der Waals surface area contributed by atoms with Gasteiger partial charge in [0, 0.05) is 37.1 Å². The molecule has 1 unspecified atom stereocenters. The average molecular weight is 347 g/mol. The molecule has 0 saturated carbocycles. The van der Waals surface area contributed by atoms with E-state index in [1.54, 1.807) is 18.7 Å². The van der Waals surface area contributed by atoms with Gasteiger partial charge in [0.15, 0.2) is 5.43 Å². The number of hydrogen-bond donors (Lipinski definition) is 2. The van der Waals surface area contributed by atoms with Crippen molar-refractivity contribution in [1.29, 1.82) is 0 Å². The fourth-order valence-corrected chi connectivity index (χ4v) is 4.36. The first kappa shape index (κ1) is 17.7. The quantitative estimate of drug-likeness (QED) is 0.832. The van der Waals surface area contributed by atoms with E-state index in [2.05, 4.69) is 4.98 Å². The maximum Gasteiger partial charge on any atom is 0.320 e. The fraction of sp³-hybridized carbons (Fsp3) is 0.611. The zero-order valence-corrected chi connectivity index (χ0v) is 15.0. The Labute approximate surface area is 146 Å². The predicted octanol–water partition coefficient (Wildman–Crippen LogP) is 1.00. The summed E-state index contributed by atoms with van der Waals surface area (Å²) in [5, 5.41) is 9.33. The topological polar surface area (TPSA) is 93.7 Å². The molecular formula is C18H25N3O4. The van der Waals surface area contributed by atoms with Gasteiger partial charge < -0.3 is 15.0 Å². The second-order valence-electron chi connectivity index (χ2n) is 7.58. The van der Waals surface area contributed by atoms with Gasteiger partial charge in [-0.2, -0.15) is 0 Å². The number of rotatable bonds is 2. The van der Waals surface area contributed by atoms with Crippen LogP contribution in [-0.4, -0.2) is 64.5 Å². The third kappa shape index (κ3) is 3.20. The highest BCUT2D eigenvalue weighted by Crippen LogP contribution is 2.43. The van der Waals surface area contributed by atoms with Crippen molar-refractivity contribution >= 4 is 11.9 Å². The van der Waals surface area contributed by atoms with Gasteiger partial charge in [-0.1, -0.05) is 0 Å². The van der Waals surface area contributed by atoms with Crippen LogP contribution in [0.1, 0.15) is 41.0 Å². The Balaban J connectivity index is 1.72. The van der Waals surface area contributed by atoms with E-state index in [0.29, 0.717) is 25.2 Å². The van der Waals surface area contributed by atoms with Gasteiger partial charge in [-0.25, -0.2) is 0 Å². The van der Waals surface area contributed by atoms with Crippen LogP contribution >= 0.6 is 0 Å². The monoisotopic (exact) mass is 347 g/mol. The van der Waals surface area contributed by atoms with Gasteiger partial charge in [0.05, 0.1) is 0 Å². The number of likely N-dealkylation sites (N-methyl/N-ethyl adjacent to an activating group) is 1. The zero-order chi connectivity index (χ0) is 18.4. The molecule has 3 heterocycles. The van der Waals surface area contributed by atoms with Gasteiger partial charge in [-0.05, 0) is 45.6 Å². The van der Waals surface area contributed by atoms with Crippen molar-refractivity contribution < 1.29 is 14.7 Å². The van der Waals surface area contributed by atoms with Crippen LogP contribution in [0, 0.1) is 19.3 Å². The molecule has 1 aromatic heterocycles. The standard InChI is InChI=1S/C18H25N3O4/c1-11-8-14(22)15(12(2)19-11)16(23)21-6-4-18(5-7-21)9-13(17(24)25)20(3)10-18/h8,13H,4-7,9-10H2,1-3H3,(H,19,22)(H,24,25). The zero-order valence-electron chi connectivity index (χ0n) is 15.0. The van der Waals surface area contributed by atoms with Crippen molar-refractivity contribution in [2.24, 2.45) is 5.41 Å². The van der Waals surface area contributed by atoms with Crippen LogP contribution in [0.2, 0.25) is 0 Å². The summed E-state index contributed by atoms with van der Waals surface area (Å²) < 4.78 is 0. The van der Waals surface area contributed by atoms with E-state index in [1.165, 1.54) is 6.07 Å². The number of likely N-dealkylation sites (tertiary alicyclic amines) is 2. The van der Waals surface area contributed by atoms with Gasteiger partial charge in [-0.3, -0.25) is 19.3 Å². The number of carboxylic acid groups (broad SMARTS) is 1. The lowest BCUT2D eigenvalue weighted by molar-refractivity contribution is -0.141. The van der Waals surface area contributed by atoms with Crippen LogP contribution in [0.5, 0.6) is 0 Å². The molecule has 1 spiro atoms. The Hall–Kier alpha value is -2.15. The van der Waals surface area contributed by atoms with Crippen LogP contribution < -0.4 is 5.43 Å².